The molecule has 21 heavy (non-hydrogen) atoms. The van der Waals surface area contributed by atoms with Crippen LogP contribution < -0.4 is 5.32 Å². The van der Waals surface area contributed by atoms with Gasteiger partial charge in [0.05, 0.1) is 6.54 Å². The van der Waals surface area contributed by atoms with Gasteiger partial charge in [0.1, 0.15) is 0 Å². The number of carbonyl (C=O) groups excluding carboxylic acids is 3. The third kappa shape index (κ3) is 3.86. The molecule has 0 atom stereocenters. The molecular weight excluding hydrogens is 266 g/mol. The first kappa shape index (κ1) is 14.7. The molecule has 0 aliphatic rings. The highest BCUT2D eigenvalue weighted by Crippen LogP contribution is 2.12. The summed E-state index contributed by atoms with van der Waals surface area (Å²) < 4.78 is 0. The van der Waals surface area contributed by atoms with Gasteiger partial charge in [-0.3, -0.25) is 14.4 Å². The summed E-state index contributed by atoms with van der Waals surface area (Å²) >= 11 is 0. The first-order valence-electron chi connectivity index (χ1n) is 6.55. The van der Waals surface area contributed by atoms with E-state index in [0.29, 0.717) is 16.7 Å². The minimum atomic E-state index is -0.264. The van der Waals surface area contributed by atoms with Crippen molar-refractivity contribution >= 4 is 17.5 Å². The molecule has 0 saturated carbocycles. The van der Waals surface area contributed by atoms with E-state index in [0.717, 1.165) is 0 Å². The number of nitrogens with one attached hydrogen (secondary N) is 1. The van der Waals surface area contributed by atoms with Crippen molar-refractivity contribution in [2.45, 2.75) is 6.92 Å². The third-order valence-electron chi connectivity index (χ3n) is 2.98. The number of Topliss-reactive ketones (excluding diaryl/α,β-unsaturated/α-hetero) is 1. The van der Waals surface area contributed by atoms with Crippen LogP contribution in [0, 0.1) is 0 Å². The quantitative estimate of drug-likeness (QED) is 0.855. The van der Waals surface area contributed by atoms with E-state index in [1.165, 1.54) is 6.92 Å². The van der Waals surface area contributed by atoms with Crippen LogP contribution in [0.25, 0.3) is 0 Å². The lowest BCUT2D eigenvalue weighted by molar-refractivity contribution is -0.118. The lowest BCUT2D eigenvalue weighted by atomic mass is 10.00. The number of hydrogen-bond acceptors (Lipinski definition) is 3. The highest BCUT2D eigenvalue weighted by molar-refractivity contribution is 6.10. The van der Waals surface area contributed by atoms with Crippen molar-refractivity contribution in [2.24, 2.45) is 0 Å². The molecule has 1 N–H and O–H groups in total. The number of rotatable bonds is 5. The molecule has 1 amide bonds. The monoisotopic (exact) mass is 281 g/mol. The standard InChI is InChI=1S/C17H15NO3/c1-12(19)18-11-16(20)14-8-5-9-15(10-14)17(21)13-6-3-2-4-7-13/h2-10H,11H2,1H3,(H,18,19). The number of amides is 1. The molecule has 0 spiro atoms. The molecule has 0 radical (unpaired) electrons. The summed E-state index contributed by atoms with van der Waals surface area (Å²) in [4.78, 5) is 35.1. The Bertz CT molecular complexity index is 677. The van der Waals surface area contributed by atoms with Crippen LogP contribution in [-0.2, 0) is 4.79 Å². The van der Waals surface area contributed by atoms with Gasteiger partial charge in [0.15, 0.2) is 11.6 Å². The Labute approximate surface area is 122 Å². The molecule has 0 aromatic heterocycles. The predicted molar refractivity (Wildman–Crippen MR) is 79.3 cm³/mol. The van der Waals surface area contributed by atoms with Gasteiger partial charge in [-0.2, -0.15) is 0 Å². The fourth-order valence-electron chi connectivity index (χ4n) is 1.90. The van der Waals surface area contributed by atoms with Crippen molar-refractivity contribution in [3.8, 4) is 0 Å². The number of benzene rings is 2. The molecule has 0 unspecified atom stereocenters. The molecule has 0 fully saturated rings. The van der Waals surface area contributed by atoms with Crippen LogP contribution in [0.3, 0.4) is 0 Å². The van der Waals surface area contributed by atoms with Gasteiger partial charge in [-0.05, 0) is 6.07 Å². The van der Waals surface area contributed by atoms with Crippen LogP contribution in [0.1, 0.15) is 33.2 Å². The highest BCUT2D eigenvalue weighted by Gasteiger charge is 2.12. The number of ketones is 2. The molecule has 0 saturated heterocycles. The second-order valence-corrected chi connectivity index (χ2v) is 4.61. The van der Waals surface area contributed by atoms with Crippen molar-refractivity contribution in [3.05, 3.63) is 71.3 Å². The summed E-state index contributed by atoms with van der Waals surface area (Å²) in [5.41, 5.74) is 1.43. The Balaban J connectivity index is 2.20. The second kappa shape index (κ2) is 6.61. The molecule has 0 aliphatic carbocycles. The van der Waals surface area contributed by atoms with Crippen molar-refractivity contribution in [1.82, 2.24) is 5.32 Å². The fourth-order valence-corrected chi connectivity index (χ4v) is 1.90. The Morgan fingerprint density at radius 1 is 0.857 bits per heavy atom. The summed E-state index contributed by atoms with van der Waals surface area (Å²) in [5.74, 6) is -0.627. The van der Waals surface area contributed by atoms with Crippen molar-refractivity contribution in [2.75, 3.05) is 6.54 Å². The fraction of sp³-hybridized carbons (Fsp3) is 0.118. The van der Waals surface area contributed by atoms with Gasteiger partial charge in [-0.1, -0.05) is 48.5 Å². The summed E-state index contributed by atoms with van der Waals surface area (Å²) in [6, 6.07) is 15.4. The lowest BCUT2D eigenvalue weighted by Gasteiger charge is -2.05. The van der Waals surface area contributed by atoms with Gasteiger partial charge < -0.3 is 5.32 Å². The third-order valence-corrected chi connectivity index (χ3v) is 2.98. The van der Waals surface area contributed by atoms with E-state index >= 15 is 0 Å². The molecule has 2 aromatic carbocycles. The van der Waals surface area contributed by atoms with E-state index in [2.05, 4.69) is 5.32 Å². The van der Waals surface area contributed by atoms with Crippen LogP contribution in [0.2, 0.25) is 0 Å². The largest absolute Gasteiger partial charge is 0.349 e. The summed E-state index contributed by atoms with van der Waals surface area (Å²) in [6.07, 6.45) is 0. The summed E-state index contributed by atoms with van der Waals surface area (Å²) in [5, 5.41) is 2.45. The zero-order valence-electron chi connectivity index (χ0n) is 11.6. The average molecular weight is 281 g/mol. The van der Waals surface area contributed by atoms with Crippen LogP contribution >= 0.6 is 0 Å². The Kier molecular flexibility index (Phi) is 4.61. The molecule has 4 nitrogen and oxygen atoms in total. The van der Waals surface area contributed by atoms with Gasteiger partial charge in [0.2, 0.25) is 5.91 Å². The molecule has 0 heterocycles. The van der Waals surface area contributed by atoms with Crippen LogP contribution in [0.15, 0.2) is 54.6 Å². The van der Waals surface area contributed by atoms with Gasteiger partial charge in [-0.15, -0.1) is 0 Å². The van der Waals surface area contributed by atoms with Crippen molar-refractivity contribution in [3.63, 3.8) is 0 Å². The van der Waals surface area contributed by atoms with Gasteiger partial charge in [0.25, 0.3) is 0 Å². The van der Waals surface area contributed by atoms with Crippen LogP contribution in [-0.4, -0.2) is 24.0 Å². The van der Waals surface area contributed by atoms with Crippen LogP contribution in [0.4, 0.5) is 0 Å². The van der Waals surface area contributed by atoms with E-state index in [9.17, 15) is 14.4 Å². The second-order valence-electron chi connectivity index (χ2n) is 4.61. The zero-order chi connectivity index (χ0) is 15.2. The Morgan fingerprint density at radius 2 is 1.48 bits per heavy atom. The molecule has 106 valence electrons. The lowest BCUT2D eigenvalue weighted by Crippen LogP contribution is -2.27. The SMILES string of the molecule is CC(=O)NCC(=O)c1cccc(C(=O)c2ccccc2)c1. The molecule has 0 bridgehead atoms. The van der Waals surface area contributed by atoms with E-state index in [4.69, 9.17) is 0 Å². The minimum absolute atomic E-state index is 0.0711. The van der Waals surface area contributed by atoms with Gasteiger partial charge in [0, 0.05) is 23.6 Å². The Morgan fingerprint density at radius 3 is 2.14 bits per heavy atom. The Hall–Kier alpha value is -2.75. The minimum Gasteiger partial charge on any atom is -0.349 e. The summed E-state index contributed by atoms with van der Waals surface area (Å²) in [6.45, 7) is 1.28. The molecule has 0 aliphatic heterocycles. The van der Waals surface area contributed by atoms with Crippen LogP contribution in [0.5, 0.6) is 0 Å². The van der Waals surface area contributed by atoms with Gasteiger partial charge >= 0.3 is 0 Å². The number of hydrogen-bond donors (Lipinski definition) is 1. The van der Waals surface area contributed by atoms with Crippen molar-refractivity contribution in [1.29, 1.82) is 0 Å². The maximum atomic E-state index is 12.3. The first-order chi connectivity index (χ1) is 10.1. The predicted octanol–water partition coefficient (Wildman–Crippen LogP) is 2.24. The normalized spacial score (nSPS) is 9.95. The summed E-state index contributed by atoms with van der Waals surface area (Å²) in [7, 11) is 0. The smallest absolute Gasteiger partial charge is 0.217 e. The molecule has 2 aromatic rings. The molecule has 2 rings (SSSR count). The highest BCUT2D eigenvalue weighted by atomic mass is 16.2. The maximum Gasteiger partial charge on any atom is 0.217 e. The maximum absolute atomic E-state index is 12.3. The number of carbonyl (C=O) groups is 3. The molecular formula is C17H15NO3. The van der Waals surface area contributed by atoms with E-state index in [1.54, 1.807) is 48.5 Å². The van der Waals surface area contributed by atoms with Crippen molar-refractivity contribution < 1.29 is 14.4 Å². The van der Waals surface area contributed by atoms with E-state index < -0.39 is 0 Å². The van der Waals surface area contributed by atoms with E-state index in [1.807, 2.05) is 6.07 Å². The zero-order valence-corrected chi connectivity index (χ0v) is 11.6. The first-order valence-corrected chi connectivity index (χ1v) is 6.55. The molecule has 4 heteroatoms. The average Bonchev–Trinajstić information content (AvgIpc) is 2.52. The topological polar surface area (TPSA) is 63.2 Å². The van der Waals surface area contributed by atoms with Gasteiger partial charge in [-0.25, -0.2) is 0 Å². The van der Waals surface area contributed by atoms with E-state index in [-0.39, 0.29) is 24.0 Å².